The maximum Gasteiger partial charge on any atom is 0.403 e. The molecule has 0 amide bonds. The Morgan fingerprint density at radius 1 is 1.35 bits per heavy atom. The molecule has 0 bridgehead atoms. The molecule has 0 saturated heterocycles. The van der Waals surface area contributed by atoms with Gasteiger partial charge in [0.25, 0.3) is 0 Å². The lowest BCUT2D eigenvalue weighted by atomic mass is 10.1. The van der Waals surface area contributed by atoms with Crippen LogP contribution >= 0.6 is 0 Å². The van der Waals surface area contributed by atoms with E-state index in [0.717, 1.165) is 0 Å². The smallest absolute Gasteiger partial charge is 0.403 e. The van der Waals surface area contributed by atoms with Crippen LogP contribution in [0.2, 0.25) is 0 Å². The van der Waals surface area contributed by atoms with Crippen LogP contribution in [0.15, 0.2) is 24.3 Å². The van der Waals surface area contributed by atoms with Crippen molar-refractivity contribution < 1.29 is 28.2 Å². The largest absolute Gasteiger partial charge is 0.506 e. The van der Waals surface area contributed by atoms with E-state index in [1.807, 2.05) is 0 Å². The molecule has 7 heteroatoms. The molecule has 0 aromatic heterocycles. The van der Waals surface area contributed by atoms with Gasteiger partial charge < -0.3 is 15.5 Å². The van der Waals surface area contributed by atoms with E-state index in [1.165, 1.54) is 24.3 Å². The predicted octanol–water partition coefficient (Wildman–Crippen LogP) is 2.07. The van der Waals surface area contributed by atoms with Crippen molar-refractivity contribution in [3.8, 4) is 5.75 Å². The Hall–Kier alpha value is -1.92. The lowest BCUT2D eigenvalue weighted by Gasteiger charge is -2.17. The third-order valence-electron chi connectivity index (χ3n) is 2.09. The second-order valence-electron chi connectivity index (χ2n) is 3.33. The molecule has 1 rings (SSSR count). The summed E-state index contributed by atoms with van der Waals surface area (Å²) in [5.74, 6) is -4.71. The van der Waals surface area contributed by atoms with Gasteiger partial charge in [-0.1, -0.05) is 12.1 Å². The molecule has 0 aliphatic carbocycles. The summed E-state index contributed by atoms with van der Waals surface area (Å²) in [5.41, 5.74) is 0.0583. The number of phenolic OH excluding ortho intramolecular Hbond substituents is 1. The fourth-order valence-corrected chi connectivity index (χ4v) is 1.18. The van der Waals surface area contributed by atoms with E-state index in [4.69, 9.17) is 5.11 Å². The number of alkyl halides is 3. The number of hydrogen-bond acceptors (Lipinski definition) is 3. The van der Waals surface area contributed by atoms with Gasteiger partial charge in [-0.05, 0) is 12.1 Å². The van der Waals surface area contributed by atoms with E-state index >= 15 is 0 Å². The van der Waals surface area contributed by atoms with Gasteiger partial charge in [-0.15, -0.1) is 0 Å². The number of carboxylic acid groups (broad SMARTS) is 1. The predicted molar refractivity (Wildman–Crippen MR) is 53.8 cm³/mol. The molecule has 1 atom stereocenters. The summed E-state index contributed by atoms with van der Waals surface area (Å²) in [6, 6.07) is 5.64. The van der Waals surface area contributed by atoms with Gasteiger partial charge in [-0.3, -0.25) is 4.79 Å². The van der Waals surface area contributed by atoms with Crippen LogP contribution in [0, 0.1) is 5.92 Å². The molecule has 4 nitrogen and oxygen atoms in total. The van der Waals surface area contributed by atoms with E-state index in [0.29, 0.717) is 0 Å². The van der Waals surface area contributed by atoms with Gasteiger partial charge in [0.05, 0.1) is 5.69 Å². The van der Waals surface area contributed by atoms with Crippen LogP contribution in [-0.2, 0) is 4.79 Å². The molecule has 0 spiro atoms. The normalized spacial score (nSPS) is 13.1. The summed E-state index contributed by atoms with van der Waals surface area (Å²) in [6.45, 7) is -0.837. The van der Waals surface area contributed by atoms with Gasteiger partial charge in [-0.25, -0.2) is 0 Å². The maximum absolute atomic E-state index is 12.3. The van der Waals surface area contributed by atoms with Crippen LogP contribution in [0.1, 0.15) is 0 Å². The Labute approximate surface area is 94.7 Å². The first-order valence-electron chi connectivity index (χ1n) is 4.63. The van der Waals surface area contributed by atoms with Crippen LogP contribution in [0.5, 0.6) is 5.75 Å². The van der Waals surface area contributed by atoms with Gasteiger partial charge in [0, 0.05) is 6.54 Å². The molecule has 1 unspecified atom stereocenters. The standard InChI is InChI=1S/C10H10F3NO3/c11-10(12,13)6(9(16)17)5-14-7-3-1-2-4-8(7)15/h1-4,6,14-15H,5H2,(H,16,17). The number of halogens is 3. The van der Waals surface area contributed by atoms with Gasteiger partial charge in [0.2, 0.25) is 0 Å². The Morgan fingerprint density at radius 3 is 2.41 bits per heavy atom. The fourth-order valence-electron chi connectivity index (χ4n) is 1.18. The number of anilines is 1. The molecule has 94 valence electrons. The summed E-state index contributed by atoms with van der Waals surface area (Å²) in [6.07, 6.45) is -4.83. The van der Waals surface area contributed by atoms with Crippen LogP contribution in [-0.4, -0.2) is 28.9 Å². The number of carbonyl (C=O) groups is 1. The molecule has 0 heterocycles. The fraction of sp³-hybridized carbons (Fsp3) is 0.300. The topological polar surface area (TPSA) is 69.6 Å². The summed E-state index contributed by atoms with van der Waals surface area (Å²) >= 11 is 0. The van der Waals surface area contributed by atoms with E-state index in [9.17, 15) is 23.1 Å². The summed E-state index contributed by atoms with van der Waals surface area (Å²) in [4.78, 5) is 10.4. The number of nitrogens with one attached hydrogen (secondary N) is 1. The van der Waals surface area contributed by atoms with Crippen LogP contribution in [0.25, 0.3) is 0 Å². The van der Waals surface area contributed by atoms with Crippen LogP contribution in [0.3, 0.4) is 0 Å². The first kappa shape index (κ1) is 13.1. The molecular weight excluding hydrogens is 239 g/mol. The molecule has 0 fully saturated rings. The van der Waals surface area contributed by atoms with Crippen molar-refractivity contribution in [1.82, 2.24) is 0 Å². The third kappa shape index (κ3) is 3.54. The highest BCUT2D eigenvalue weighted by Crippen LogP contribution is 2.28. The molecule has 0 aliphatic rings. The molecule has 1 aromatic carbocycles. The minimum absolute atomic E-state index is 0.0583. The van der Waals surface area contributed by atoms with Crippen molar-refractivity contribution in [1.29, 1.82) is 0 Å². The van der Waals surface area contributed by atoms with Crippen LogP contribution in [0.4, 0.5) is 18.9 Å². The zero-order chi connectivity index (χ0) is 13.1. The van der Waals surface area contributed by atoms with E-state index in [2.05, 4.69) is 5.32 Å². The Morgan fingerprint density at radius 2 is 1.94 bits per heavy atom. The Kier molecular flexibility index (Phi) is 3.82. The van der Waals surface area contributed by atoms with Crippen molar-refractivity contribution in [2.75, 3.05) is 11.9 Å². The maximum atomic E-state index is 12.3. The Bertz CT molecular complexity index is 406. The highest BCUT2D eigenvalue weighted by atomic mass is 19.4. The number of carboxylic acids is 1. The molecule has 0 saturated carbocycles. The highest BCUT2D eigenvalue weighted by Gasteiger charge is 2.44. The minimum Gasteiger partial charge on any atom is -0.506 e. The number of rotatable bonds is 4. The average molecular weight is 249 g/mol. The van der Waals surface area contributed by atoms with Gasteiger partial charge in [-0.2, -0.15) is 13.2 Å². The molecule has 3 N–H and O–H groups in total. The summed E-state index contributed by atoms with van der Waals surface area (Å²) in [7, 11) is 0. The SMILES string of the molecule is O=C(O)C(CNc1ccccc1O)C(F)(F)F. The molecule has 0 aliphatic heterocycles. The number of hydrogen-bond donors (Lipinski definition) is 3. The van der Waals surface area contributed by atoms with Crippen molar-refractivity contribution in [2.24, 2.45) is 5.92 Å². The van der Waals surface area contributed by atoms with E-state index in [1.54, 1.807) is 0 Å². The van der Waals surface area contributed by atoms with Gasteiger partial charge in [0.15, 0.2) is 5.92 Å². The number of para-hydroxylation sites is 2. The first-order valence-corrected chi connectivity index (χ1v) is 4.63. The van der Waals surface area contributed by atoms with Gasteiger partial charge >= 0.3 is 12.1 Å². The van der Waals surface area contributed by atoms with Crippen molar-refractivity contribution in [3.05, 3.63) is 24.3 Å². The average Bonchev–Trinajstić information content (AvgIpc) is 2.18. The quantitative estimate of drug-likeness (QED) is 0.714. The van der Waals surface area contributed by atoms with Gasteiger partial charge in [0.1, 0.15) is 5.75 Å². The number of aromatic hydroxyl groups is 1. The van der Waals surface area contributed by atoms with Crippen molar-refractivity contribution >= 4 is 11.7 Å². The molecule has 0 radical (unpaired) electrons. The summed E-state index contributed by atoms with van der Waals surface area (Å²) in [5, 5.41) is 20.0. The second-order valence-corrected chi connectivity index (χ2v) is 3.33. The Balaban J connectivity index is 2.72. The van der Waals surface area contributed by atoms with Crippen molar-refractivity contribution in [2.45, 2.75) is 6.18 Å². The molecule has 1 aromatic rings. The monoisotopic (exact) mass is 249 g/mol. The summed E-state index contributed by atoms with van der Waals surface area (Å²) < 4.78 is 36.9. The molecular formula is C10H10F3NO3. The zero-order valence-corrected chi connectivity index (χ0v) is 8.53. The lowest BCUT2D eigenvalue weighted by Crippen LogP contribution is -2.36. The van der Waals surface area contributed by atoms with E-state index in [-0.39, 0.29) is 11.4 Å². The number of benzene rings is 1. The zero-order valence-electron chi connectivity index (χ0n) is 8.53. The van der Waals surface area contributed by atoms with Crippen LogP contribution < -0.4 is 5.32 Å². The highest BCUT2D eigenvalue weighted by molar-refractivity contribution is 5.72. The second kappa shape index (κ2) is 4.94. The third-order valence-corrected chi connectivity index (χ3v) is 2.09. The van der Waals surface area contributed by atoms with Crippen molar-refractivity contribution in [3.63, 3.8) is 0 Å². The first-order chi connectivity index (χ1) is 7.82. The van der Waals surface area contributed by atoms with E-state index < -0.39 is 24.6 Å². The molecule has 17 heavy (non-hydrogen) atoms. The number of aliphatic carboxylic acids is 1. The lowest BCUT2D eigenvalue weighted by molar-refractivity contribution is -0.190. The number of phenols is 1. The minimum atomic E-state index is -4.83.